The van der Waals surface area contributed by atoms with Gasteiger partial charge in [-0.2, -0.15) is 0 Å². The molecule has 0 saturated heterocycles. The van der Waals surface area contributed by atoms with Gasteiger partial charge < -0.3 is 15.6 Å². The molecule has 2 rings (SSSR count). The Balaban J connectivity index is 0.00000200. The predicted molar refractivity (Wildman–Crippen MR) is 78.3 cm³/mol. The largest absolute Gasteiger partial charge is 0.359 e. The standard InChI is InChI=1S/C14H17N3O2.ClH/c1-10-8-12(19-17-10)9-16-13(18)14(2,15)11-6-4-3-5-7-11;/h3-8H,9,15H2,1-2H3,(H,16,18);1H. The van der Waals surface area contributed by atoms with Crippen LogP contribution in [0, 0.1) is 6.92 Å². The van der Waals surface area contributed by atoms with Crippen molar-refractivity contribution in [1.82, 2.24) is 10.5 Å². The van der Waals surface area contributed by atoms with Gasteiger partial charge in [-0.25, -0.2) is 0 Å². The molecule has 1 unspecified atom stereocenters. The zero-order valence-corrected chi connectivity index (χ0v) is 12.2. The zero-order chi connectivity index (χ0) is 13.9. The molecule has 3 N–H and O–H groups in total. The van der Waals surface area contributed by atoms with Crippen LogP contribution in [0.25, 0.3) is 0 Å². The van der Waals surface area contributed by atoms with Gasteiger partial charge in [0.15, 0.2) is 5.76 Å². The van der Waals surface area contributed by atoms with E-state index in [2.05, 4.69) is 10.5 Å². The minimum absolute atomic E-state index is 0. The van der Waals surface area contributed by atoms with E-state index in [0.717, 1.165) is 11.3 Å². The summed E-state index contributed by atoms with van der Waals surface area (Å²) < 4.78 is 5.03. The molecule has 0 aliphatic rings. The number of carbonyl (C=O) groups is 1. The number of aryl methyl sites for hydroxylation is 1. The van der Waals surface area contributed by atoms with E-state index in [1.165, 1.54) is 0 Å². The molecular weight excluding hydrogens is 278 g/mol. The van der Waals surface area contributed by atoms with Crippen molar-refractivity contribution in [2.45, 2.75) is 25.9 Å². The fourth-order valence-electron chi connectivity index (χ4n) is 1.77. The van der Waals surface area contributed by atoms with Gasteiger partial charge in [-0.3, -0.25) is 4.79 Å². The summed E-state index contributed by atoms with van der Waals surface area (Å²) in [6.07, 6.45) is 0. The number of nitrogens with one attached hydrogen (secondary N) is 1. The third kappa shape index (κ3) is 3.59. The summed E-state index contributed by atoms with van der Waals surface area (Å²) >= 11 is 0. The van der Waals surface area contributed by atoms with Crippen molar-refractivity contribution < 1.29 is 9.32 Å². The van der Waals surface area contributed by atoms with E-state index in [1.807, 2.05) is 37.3 Å². The van der Waals surface area contributed by atoms with Crippen LogP contribution in [-0.4, -0.2) is 11.1 Å². The highest BCUT2D eigenvalue weighted by molar-refractivity contribution is 5.86. The molecule has 2 aromatic rings. The van der Waals surface area contributed by atoms with Gasteiger partial charge in [0.2, 0.25) is 5.91 Å². The summed E-state index contributed by atoms with van der Waals surface area (Å²) in [5, 5.41) is 6.51. The Labute approximate surface area is 123 Å². The van der Waals surface area contributed by atoms with Crippen molar-refractivity contribution in [1.29, 1.82) is 0 Å². The van der Waals surface area contributed by atoms with E-state index in [-0.39, 0.29) is 24.9 Å². The maximum atomic E-state index is 12.1. The number of benzene rings is 1. The summed E-state index contributed by atoms with van der Waals surface area (Å²) in [7, 11) is 0. The van der Waals surface area contributed by atoms with Crippen LogP contribution >= 0.6 is 12.4 Å². The second-order valence-electron chi connectivity index (χ2n) is 4.69. The minimum atomic E-state index is -1.07. The molecule has 6 heteroatoms. The normalized spacial score (nSPS) is 13.2. The molecule has 1 aromatic heterocycles. The molecule has 0 radical (unpaired) electrons. The number of halogens is 1. The van der Waals surface area contributed by atoms with Crippen LogP contribution in [0.2, 0.25) is 0 Å². The van der Waals surface area contributed by atoms with E-state index in [4.69, 9.17) is 10.3 Å². The van der Waals surface area contributed by atoms with Gasteiger partial charge in [-0.05, 0) is 19.4 Å². The number of hydrogen-bond donors (Lipinski definition) is 2. The van der Waals surface area contributed by atoms with Gasteiger partial charge in [0.05, 0.1) is 12.2 Å². The van der Waals surface area contributed by atoms with Crippen molar-refractivity contribution in [2.75, 3.05) is 0 Å². The molecule has 0 saturated carbocycles. The van der Waals surface area contributed by atoms with Crippen LogP contribution in [0.4, 0.5) is 0 Å². The molecule has 108 valence electrons. The number of nitrogens with two attached hydrogens (primary N) is 1. The molecule has 1 heterocycles. The van der Waals surface area contributed by atoms with Crippen LogP contribution in [0.15, 0.2) is 40.9 Å². The number of nitrogens with zero attached hydrogens (tertiary/aromatic N) is 1. The molecule has 5 nitrogen and oxygen atoms in total. The highest BCUT2D eigenvalue weighted by Gasteiger charge is 2.30. The number of amides is 1. The molecule has 0 spiro atoms. The van der Waals surface area contributed by atoms with Crippen molar-refractivity contribution in [3.8, 4) is 0 Å². The Bertz CT molecular complexity index is 567. The van der Waals surface area contributed by atoms with Gasteiger partial charge >= 0.3 is 0 Å². The monoisotopic (exact) mass is 295 g/mol. The van der Waals surface area contributed by atoms with E-state index >= 15 is 0 Å². The maximum absolute atomic E-state index is 12.1. The van der Waals surface area contributed by atoms with Crippen molar-refractivity contribution in [2.24, 2.45) is 5.73 Å². The third-order valence-electron chi connectivity index (χ3n) is 2.95. The average molecular weight is 296 g/mol. The highest BCUT2D eigenvalue weighted by atomic mass is 35.5. The smallest absolute Gasteiger partial charge is 0.244 e. The summed E-state index contributed by atoms with van der Waals surface area (Å²) in [4.78, 5) is 12.1. The number of rotatable bonds is 4. The first-order chi connectivity index (χ1) is 9.00. The Morgan fingerprint density at radius 1 is 1.40 bits per heavy atom. The van der Waals surface area contributed by atoms with Crippen molar-refractivity contribution in [3.05, 3.63) is 53.4 Å². The Hall–Kier alpha value is -1.85. The first-order valence-electron chi connectivity index (χ1n) is 6.05. The lowest BCUT2D eigenvalue weighted by Crippen LogP contribution is -2.48. The molecule has 1 atom stereocenters. The van der Waals surface area contributed by atoms with Crippen LogP contribution in [0.1, 0.15) is 23.9 Å². The van der Waals surface area contributed by atoms with E-state index in [9.17, 15) is 4.79 Å². The molecular formula is C14H18ClN3O2. The first-order valence-corrected chi connectivity index (χ1v) is 6.05. The summed E-state index contributed by atoms with van der Waals surface area (Å²) in [6, 6.07) is 11.0. The lowest BCUT2D eigenvalue weighted by Gasteiger charge is -2.23. The highest BCUT2D eigenvalue weighted by Crippen LogP contribution is 2.17. The van der Waals surface area contributed by atoms with Crippen LogP contribution < -0.4 is 11.1 Å². The molecule has 0 aliphatic heterocycles. The van der Waals surface area contributed by atoms with Gasteiger partial charge in [-0.1, -0.05) is 35.5 Å². The molecule has 1 amide bonds. The number of hydrogen-bond acceptors (Lipinski definition) is 4. The number of carbonyl (C=O) groups excluding carboxylic acids is 1. The molecule has 0 bridgehead atoms. The lowest BCUT2D eigenvalue weighted by atomic mass is 9.92. The minimum Gasteiger partial charge on any atom is -0.359 e. The topological polar surface area (TPSA) is 81.2 Å². The Morgan fingerprint density at radius 3 is 2.60 bits per heavy atom. The van der Waals surface area contributed by atoms with Gasteiger partial charge in [-0.15, -0.1) is 12.4 Å². The Kier molecular flexibility index (Phi) is 5.30. The summed E-state index contributed by atoms with van der Waals surface area (Å²) in [5.41, 5.74) is 6.57. The predicted octanol–water partition coefficient (Wildman–Crippen LogP) is 1.90. The SMILES string of the molecule is Cc1cc(CNC(=O)C(C)(N)c2ccccc2)on1.Cl. The van der Waals surface area contributed by atoms with E-state index < -0.39 is 5.54 Å². The van der Waals surface area contributed by atoms with Gasteiger partial charge in [0.1, 0.15) is 5.54 Å². The summed E-state index contributed by atoms with van der Waals surface area (Å²) in [5.74, 6) is 0.350. The van der Waals surface area contributed by atoms with Crippen LogP contribution in [-0.2, 0) is 16.9 Å². The fraction of sp³-hybridized carbons (Fsp3) is 0.286. The zero-order valence-electron chi connectivity index (χ0n) is 11.4. The molecule has 0 aliphatic carbocycles. The quantitative estimate of drug-likeness (QED) is 0.902. The van der Waals surface area contributed by atoms with E-state index in [0.29, 0.717) is 5.76 Å². The van der Waals surface area contributed by atoms with Crippen molar-refractivity contribution >= 4 is 18.3 Å². The van der Waals surface area contributed by atoms with Crippen LogP contribution in [0.5, 0.6) is 0 Å². The third-order valence-corrected chi connectivity index (χ3v) is 2.95. The average Bonchev–Trinajstić information content (AvgIpc) is 2.82. The van der Waals surface area contributed by atoms with Crippen LogP contribution in [0.3, 0.4) is 0 Å². The fourth-order valence-corrected chi connectivity index (χ4v) is 1.77. The van der Waals surface area contributed by atoms with Crippen molar-refractivity contribution in [3.63, 3.8) is 0 Å². The van der Waals surface area contributed by atoms with Gasteiger partial charge in [0, 0.05) is 6.07 Å². The molecule has 20 heavy (non-hydrogen) atoms. The Morgan fingerprint density at radius 2 is 2.05 bits per heavy atom. The maximum Gasteiger partial charge on any atom is 0.244 e. The first kappa shape index (κ1) is 16.2. The molecule has 0 fully saturated rings. The second-order valence-corrected chi connectivity index (χ2v) is 4.69. The molecule has 1 aromatic carbocycles. The van der Waals surface area contributed by atoms with Gasteiger partial charge in [0.25, 0.3) is 0 Å². The summed E-state index contributed by atoms with van der Waals surface area (Å²) in [6.45, 7) is 3.79. The number of aromatic nitrogens is 1. The second kappa shape index (κ2) is 6.54. The lowest BCUT2D eigenvalue weighted by molar-refractivity contribution is -0.126. The van der Waals surface area contributed by atoms with E-state index in [1.54, 1.807) is 13.0 Å².